The van der Waals surface area contributed by atoms with Crippen LogP contribution in [0.5, 0.6) is 0 Å². The number of sulfonamides is 1. The number of sulfone groups is 1. The van der Waals surface area contributed by atoms with E-state index in [9.17, 15) is 56.8 Å². The molecule has 0 spiro atoms. The molecule has 0 fully saturated rings. The second-order valence-electron chi connectivity index (χ2n) is 17.3. The third-order valence-electron chi connectivity index (χ3n) is 12.0. The average molecular weight is 1020 g/mol. The number of hydrogen-bond acceptors (Lipinski definition) is 8. The summed E-state index contributed by atoms with van der Waals surface area (Å²) in [5.41, 5.74) is -4.09. The summed E-state index contributed by atoms with van der Waals surface area (Å²) < 4.78 is 199. The number of fused-ring (bicyclic) bond motifs is 5. The summed E-state index contributed by atoms with van der Waals surface area (Å²) in [5, 5.41) is 9.30. The summed E-state index contributed by atoms with van der Waals surface area (Å²) in [6.45, 7) is -0.471. The van der Waals surface area contributed by atoms with Crippen LogP contribution in [0.2, 0.25) is 5.02 Å². The van der Waals surface area contributed by atoms with Crippen molar-refractivity contribution in [3.05, 3.63) is 104 Å². The lowest BCUT2D eigenvalue weighted by Crippen LogP contribution is -2.36. The average Bonchev–Trinajstić information content (AvgIpc) is 3.90. The van der Waals surface area contributed by atoms with Gasteiger partial charge in [0, 0.05) is 34.9 Å². The van der Waals surface area contributed by atoms with Gasteiger partial charge in [0.25, 0.3) is 5.92 Å². The maximum atomic E-state index is 15.8. The monoisotopic (exact) mass is 1020 g/mol. The second-order valence-corrected chi connectivity index (χ2v) is 22.0. The van der Waals surface area contributed by atoms with Gasteiger partial charge in [-0.1, -0.05) is 35.7 Å². The molecule has 2 N–H and O–H groups in total. The maximum absolute atomic E-state index is 15.8. The van der Waals surface area contributed by atoms with Crippen LogP contribution in [0, 0.1) is 29.4 Å². The quantitative estimate of drug-likeness (QED) is 0.0760. The number of rotatable bonds is 11. The van der Waals surface area contributed by atoms with Crippen LogP contribution in [0.15, 0.2) is 42.5 Å². The molecule has 0 aliphatic heterocycles. The van der Waals surface area contributed by atoms with Gasteiger partial charge in [-0.2, -0.15) is 45.3 Å². The first-order valence-electron chi connectivity index (χ1n) is 20.4. The highest BCUT2D eigenvalue weighted by atomic mass is 35.5. The maximum Gasteiger partial charge on any atom is 0.435 e. The third-order valence-corrected chi connectivity index (χ3v) is 14.8. The number of hydrogen-bond donors (Lipinski definition) is 2. The topological polar surface area (TPSA) is 158 Å². The molecule has 12 nitrogen and oxygen atoms in total. The number of benzene rings is 2. The smallest absolute Gasteiger partial charge is 0.346 e. The summed E-state index contributed by atoms with van der Waals surface area (Å²) in [4.78, 5) is 19.1. The molecule has 362 valence electrons. The molecular weight excluding hydrogens is 984 g/mol. The fourth-order valence-electron chi connectivity index (χ4n) is 8.79. The lowest BCUT2D eigenvalue weighted by Gasteiger charge is -2.28. The van der Waals surface area contributed by atoms with Gasteiger partial charge in [-0.15, -0.1) is 0 Å². The van der Waals surface area contributed by atoms with Crippen molar-refractivity contribution in [1.29, 1.82) is 0 Å². The molecule has 68 heavy (non-hydrogen) atoms. The Hall–Kier alpha value is -5.67. The number of alkyl halides is 8. The standard InChI is InChI=1S/C43H36ClF10N7O5S2/c1-40(2,67(3,63)64)13-12-29-23-6-5-7-24(23)32(26-9-11-28(44)34-36(26)61(19-41(47,48)49)58-39(34)59-68(4,65)66)35(56-29)30(16-20-14-21(45)17-22(46)15-20)55-31(62)18-60-38-33(37(57-60)43(52,53)54)25-8-10-27(25)42(38,50)51/h8-11,14-15,17,25,27,30H,5-7,16,18-19H2,1-4H3,(H,55,62)(H,58,59)/t25-,27+,30-/m0/s1. The Bertz CT molecular complexity index is 3260. The zero-order valence-corrected chi connectivity index (χ0v) is 38.2. The van der Waals surface area contributed by atoms with Crippen molar-refractivity contribution in [1.82, 2.24) is 29.9 Å². The number of carbonyl (C=O) groups excluding carboxylic acids is 1. The minimum absolute atomic E-state index is 0.0444. The minimum atomic E-state index is -5.23. The van der Waals surface area contributed by atoms with E-state index in [1.807, 2.05) is 0 Å². The van der Waals surface area contributed by atoms with Crippen LogP contribution < -0.4 is 10.0 Å². The van der Waals surface area contributed by atoms with Gasteiger partial charge in [-0.05, 0) is 80.3 Å². The molecule has 0 bridgehead atoms. The highest BCUT2D eigenvalue weighted by Gasteiger charge is 2.61. The molecule has 3 aromatic heterocycles. The molecule has 8 rings (SSSR count). The first kappa shape index (κ1) is 48.8. The van der Waals surface area contributed by atoms with Gasteiger partial charge in [0.2, 0.25) is 15.9 Å². The lowest BCUT2D eigenvalue weighted by molar-refractivity contribution is -0.143. The zero-order valence-electron chi connectivity index (χ0n) is 35.8. The van der Waals surface area contributed by atoms with E-state index in [2.05, 4.69) is 32.1 Å². The van der Waals surface area contributed by atoms with Crippen molar-refractivity contribution in [2.75, 3.05) is 17.2 Å². The Kier molecular flexibility index (Phi) is 11.8. The number of allylic oxidation sites excluding steroid dienone is 2. The van der Waals surface area contributed by atoms with Gasteiger partial charge in [0.05, 0.1) is 39.8 Å². The van der Waals surface area contributed by atoms with E-state index >= 15 is 8.78 Å². The van der Waals surface area contributed by atoms with Gasteiger partial charge in [0.15, 0.2) is 21.3 Å². The van der Waals surface area contributed by atoms with Crippen LogP contribution in [0.1, 0.15) is 77.3 Å². The largest absolute Gasteiger partial charge is 0.435 e. The van der Waals surface area contributed by atoms with E-state index in [1.165, 1.54) is 26.0 Å². The number of halogens is 11. The van der Waals surface area contributed by atoms with E-state index in [4.69, 9.17) is 16.6 Å². The number of anilines is 1. The van der Waals surface area contributed by atoms with Crippen molar-refractivity contribution in [3.8, 4) is 23.0 Å². The molecule has 2 aromatic carbocycles. The van der Waals surface area contributed by atoms with Crippen LogP contribution in [0.3, 0.4) is 0 Å². The van der Waals surface area contributed by atoms with Gasteiger partial charge >= 0.3 is 12.4 Å². The normalized spacial score (nSPS) is 18.1. The number of nitrogens with one attached hydrogen (secondary N) is 2. The predicted octanol–water partition coefficient (Wildman–Crippen LogP) is 8.32. The molecule has 1 amide bonds. The fourth-order valence-corrected chi connectivity index (χ4v) is 9.76. The van der Waals surface area contributed by atoms with Crippen molar-refractivity contribution in [2.45, 2.75) is 87.6 Å². The summed E-state index contributed by atoms with van der Waals surface area (Å²) in [6, 6.07) is 3.04. The van der Waals surface area contributed by atoms with Gasteiger partial charge in [0.1, 0.15) is 40.9 Å². The highest BCUT2D eigenvalue weighted by Crippen LogP contribution is 2.60. The van der Waals surface area contributed by atoms with Crippen molar-refractivity contribution < 1.29 is 65.5 Å². The first-order valence-corrected chi connectivity index (χ1v) is 24.5. The molecule has 0 radical (unpaired) electrons. The SMILES string of the molecule is CC(C)(C#Cc1nc([C@H](Cc2cc(F)cc(F)c2)NC(=O)Cn2nc(C(F)(F)F)c3c2C(F)(F)[C@@H]2C=C[C@H]32)c(-c2ccc(Cl)c3c(NS(C)(=O)=O)nn(CC(F)(F)F)c23)c2c1CCC2)S(C)(=O)=O. The molecule has 0 saturated heterocycles. The molecule has 0 unspecified atom stereocenters. The minimum Gasteiger partial charge on any atom is -0.346 e. The molecule has 5 aromatic rings. The number of nitrogens with zero attached hydrogens (tertiary/aromatic N) is 5. The Labute approximate surface area is 386 Å². The summed E-state index contributed by atoms with van der Waals surface area (Å²) in [5.74, 6) is -5.54. The van der Waals surface area contributed by atoms with E-state index in [0.717, 1.165) is 30.5 Å². The van der Waals surface area contributed by atoms with Gasteiger partial charge in [-0.3, -0.25) is 18.9 Å². The predicted molar refractivity (Wildman–Crippen MR) is 228 cm³/mol. The number of aromatic nitrogens is 5. The Morgan fingerprint density at radius 3 is 2.21 bits per heavy atom. The zero-order chi connectivity index (χ0) is 49.8. The number of pyridine rings is 1. The highest BCUT2D eigenvalue weighted by molar-refractivity contribution is 7.92. The molecule has 3 atom stereocenters. The Morgan fingerprint density at radius 2 is 1.62 bits per heavy atom. The van der Waals surface area contributed by atoms with Crippen LogP contribution >= 0.6 is 11.6 Å². The van der Waals surface area contributed by atoms with Crippen LogP contribution in [-0.2, 0) is 69.1 Å². The van der Waals surface area contributed by atoms with Gasteiger partial charge < -0.3 is 5.32 Å². The first-order chi connectivity index (χ1) is 31.3. The molecule has 25 heteroatoms. The summed E-state index contributed by atoms with van der Waals surface area (Å²) in [6.07, 6.45) is -6.32. The number of carbonyl (C=O) groups is 1. The molecular formula is C43H36ClF10N7O5S2. The Morgan fingerprint density at radius 1 is 0.956 bits per heavy atom. The number of amides is 1. The summed E-state index contributed by atoms with van der Waals surface area (Å²) in [7, 11) is -8.09. The fraction of sp³-hybridized carbons (Fsp3) is 0.395. The molecule has 0 saturated carbocycles. The van der Waals surface area contributed by atoms with E-state index in [1.54, 1.807) is 0 Å². The van der Waals surface area contributed by atoms with Crippen molar-refractivity contribution in [3.63, 3.8) is 0 Å². The van der Waals surface area contributed by atoms with Crippen LogP contribution in [0.4, 0.5) is 49.7 Å². The van der Waals surface area contributed by atoms with Crippen LogP contribution in [0.25, 0.3) is 22.0 Å². The van der Waals surface area contributed by atoms with Crippen molar-refractivity contribution >= 4 is 54.1 Å². The van der Waals surface area contributed by atoms with E-state index < -0.39 is 126 Å². The Balaban J connectivity index is 1.39. The molecule has 3 heterocycles. The molecule has 3 aliphatic carbocycles. The van der Waals surface area contributed by atoms with E-state index in [0.29, 0.717) is 34.6 Å². The third kappa shape index (κ3) is 9.03. The van der Waals surface area contributed by atoms with Crippen LogP contribution in [-0.4, -0.2) is 70.7 Å². The lowest BCUT2D eigenvalue weighted by atomic mass is 9.81. The summed E-state index contributed by atoms with van der Waals surface area (Å²) >= 11 is 6.58. The van der Waals surface area contributed by atoms with Crippen molar-refractivity contribution in [2.24, 2.45) is 5.92 Å². The second kappa shape index (κ2) is 16.5. The van der Waals surface area contributed by atoms with Gasteiger partial charge in [-0.25, -0.2) is 30.6 Å². The van der Waals surface area contributed by atoms with E-state index in [-0.39, 0.29) is 56.0 Å². The molecule has 3 aliphatic rings.